The van der Waals surface area contributed by atoms with Gasteiger partial charge in [-0.3, -0.25) is 9.59 Å². The number of carbonyl (C=O) groups excluding carboxylic acids is 2. The standard InChI is InChI=1S/C27H33BrN4O2/c1-18(2)16-31(26(34)20-11-9-12-21(28)14-20)17-25(33)29-24-15-23(27(4,5)6)30-32(24)22-13-8-7-10-19(22)3/h7-15,18H,16-17H2,1-6H3,(H,29,33). The fourth-order valence-electron chi connectivity index (χ4n) is 3.64. The molecule has 3 aromatic rings. The van der Waals surface area contributed by atoms with Gasteiger partial charge >= 0.3 is 0 Å². The van der Waals surface area contributed by atoms with Gasteiger partial charge in [-0.1, -0.05) is 74.8 Å². The Morgan fingerprint density at radius 3 is 2.41 bits per heavy atom. The Hall–Kier alpha value is -2.93. The smallest absolute Gasteiger partial charge is 0.254 e. The number of hydrogen-bond donors (Lipinski definition) is 1. The molecular formula is C27H33BrN4O2. The molecule has 1 N–H and O–H groups in total. The van der Waals surface area contributed by atoms with Gasteiger partial charge < -0.3 is 10.2 Å². The zero-order chi connectivity index (χ0) is 25.0. The number of para-hydroxylation sites is 1. The Bertz CT molecular complexity index is 1180. The summed E-state index contributed by atoms with van der Waals surface area (Å²) < 4.78 is 2.60. The zero-order valence-corrected chi connectivity index (χ0v) is 22.3. The van der Waals surface area contributed by atoms with Gasteiger partial charge in [-0.05, 0) is 42.7 Å². The molecule has 0 saturated carbocycles. The summed E-state index contributed by atoms with van der Waals surface area (Å²) in [5.41, 5.74) is 3.18. The van der Waals surface area contributed by atoms with E-state index >= 15 is 0 Å². The number of nitrogens with zero attached hydrogens (tertiary/aromatic N) is 3. The van der Waals surface area contributed by atoms with Crippen molar-refractivity contribution < 1.29 is 9.59 Å². The van der Waals surface area contributed by atoms with Gasteiger partial charge in [0, 0.05) is 28.1 Å². The van der Waals surface area contributed by atoms with E-state index in [4.69, 9.17) is 5.10 Å². The van der Waals surface area contributed by atoms with Crippen molar-refractivity contribution in [1.82, 2.24) is 14.7 Å². The van der Waals surface area contributed by atoms with Crippen LogP contribution >= 0.6 is 15.9 Å². The Morgan fingerprint density at radius 1 is 1.09 bits per heavy atom. The summed E-state index contributed by atoms with van der Waals surface area (Å²) >= 11 is 3.42. The van der Waals surface area contributed by atoms with Crippen LogP contribution in [-0.4, -0.2) is 39.6 Å². The first kappa shape index (κ1) is 25.7. The average Bonchev–Trinajstić information content (AvgIpc) is 3.16. The van der Waals surface area contributed by atoms with E-state index in [0.29, 0.717) is 17.9 Å². The summed E-state index contributed by atoms with van der Waals surface area (Å²) in [6, 6.07) is 17.1. The number of amides is 2. The van der Waals surface area contributed by atoms with Gasteiger partial charge in [0.2, 0.25) is 5.91 Å². The Labute approximate surface area is 210 Å². The van der Waals surface area contributed by atoms with Crippen LogP contribution in [0, 0.1) is 12.8 Å². The van der Waals surface area contributed by atoms with E-state index in [-0.39, 0.29) is 29.7 Å². The van der Waals surface area contributed by atoms with Crippen LogP contribution in [0.3, 0.4) is 0 Å². The number of carbonyl (C=O) groups is 2. The molecule has 0 aliphatic rings. The minimum absolute atomic E-state index is 0.0483. The second kappa shape index (κ2) is 10.6. The summed E-state index contributed by atoms with van der Waals surface area (Å²) in [5.74, 6) is 0.365. The molecule has 2 aromatic carbocycles. The first-order valence-electron chi connectivity index (χ1n) is 11.5. The highest BCUT2D eigenvalue weighted by Crippen LogP contribution is 2.27. The number of rotatable bonds is 7. The number of aryl methyl sites for hydroxylation is 1. The molecule has 34 heavy (non-hydrogen) atoms. The largest absolute Gasteiger partial charge is 0.329 e. The topological polar surface area (TPSA) is 67.2 Å². The maximum absolute atomic E-state index is 13.2. The van der Waals surface area contributed by atoms with Crippen molar-refractivity contribution >= 4 is 33.6 Å². The van der Waals surface area contributed by atoms with Crippen LogP contribution in [0.5, 0.6) is 0 Å². The van der Waals surface area contributed by atoms with Crippen molar-refractivity contribution in [2.24, 2.45) is 5.92 Å². The minimum atomic E-state index is -0.265. The summed E-state index contributed by atoms with van der Waals surface area (Å²) in [4.78, 5) is 28.0. The van der Waals surface area contributed by atoms with Gasteiger partial charge in [-0.2, -0.15) is 5.10 Å². The van der Waals surface area contributed by atoms with Gasteiger partial charge in [-0.25, -0.2) is 4.68 Å². The molecule has 0 saturated heterocycles. The molecule has 0 bridgehead atoms. The summed E-state index contributed by atoms with van der Waals surface area (Å²) in [6.07, 6.45) is 0. The quantitative estimate of drug-likeness (QED) is 0.413. The molecule has 0 aliphatic heterocycles. The minimum Gasteiger partial charge on any atom is -0.329 e. The highest BCUT2D eigenvalue weighted by Gasteiger charge is 2.24. The Morgan fingerprint density at radius 2 is 1.79 bits per heavy atom. The number of halogens is 1. The Kier molecular flexibility index (Phi) is 7.97. The Balaban J connectivity index is 1.89. The van der Waals surface area contributed by atoms with E-state index in [9.17, 15) is 9.59 Å². The van der Waals surface area contributed by atoms with E-state index in [1.165, 1.54) is 0 Å². The summed E-state index contributed by atoms with van der Waals surface area (Å²) in [7, 11) is 0. The third-order valence-electron chi connectivity index (χ3n) is 5.37. The van der Waals surface area contributed by atoms with Crippen molar-refractivity contribution in [3.8, 4) is 5.69 Å². The molecule has 0 aliphatic carbocycles. The van der Waals surface area contributed by atoms with Gasteiger partial charge in [0.15, 0.2) is 0 Å². The summed E-state index contributed by atoms with van der Waals surface area (Å²) in [5, 5.41) is 7.81. The van der Waals surface area contributed by atoms with E-state index in [1.54, 1.807) is 21.7 Å². The average molecular weight is 525 g/mol. The van der Waals surface area contributed by atoms with Crippen molar-refractivity contribution in [2.75, 3.05) is 18.4 Å². The predicted octanol–water partition coefficient (Wildman–Crippen LogP) is 5.98. The predicted molar refractivity (Wildman–Crippen MR) is 141 cm³/mol. The van der Waals surface area contributed by atoms with E-state index < -0.39 is 0 Å². The van der Waals surface area contributed by atoms with Crippen molar-refractivity contribution in [3.05, 3.63) is 75.9 Å². The lowest BCUT2D eigenvalue weighted by Crippen LogP contribution is -2.40. The van der Waals surface area contributed by atoms with Gasteiger partial charge in [-0.15, -0.1) is 0 Å². The third-order valence-corrected chi connectivity index (χ3v) is 5.86. The number of hydrogen-bond acceptors (Lipinski definition) is 3. The monoisotopic (exact) mass is 524 g/mol. The molecule has 0 unspecified atom stereocenters. The van der Waals surface area contributed by atoms with E-state index in [1.807, 2.05) is 63.2 Å². The molecule has 6 nitrogen and oxygen atoms in total. The van der Waals surface area contributed by atoms with E-state index in [2.05, 4.69) is 42.0 Å². The molecular weight excluding hydrogens is 492 g/mol. The zero-order valence-electron chi connectivity index (χ0n) is 20.7. The molecule has 1 aromatic heterocycles. The second-order valence-electron chi connectivity index (χ2n) is 10.0. The van der Waals surface area contributed by atoms with Gasteiger partial charge in [0.25, 0.3) is 5.91 Å². The fraction of sp³-hybridized carbons (Fsp3) is 0.370. The van der Waals surface area contributed by atoms with Crippen LogP contribution in [0.25, 0.3) is 5.69 Å². The lowest BCUT2D eigenvalue weighted by atomic mass is 9.92. The van der Waals surface area contributed by atoms with Crippen LogP contribution in [0.2, 0.25) is 0 Å². The molecule has 1 heterocycles. The maximum atomic E-state index is 13.2. The summed E-state index contributed by atoms with van der Waals surface area (Å²) in [6.45, 7) is 12.8. The maximum Gasteiger partial charge on any atom is 0.254 e. The number of aromatic nitrogens is 2. The highest BCUT2D eigenvalue weighted by atomic mass is 79.9. The molecule has 3 rings (SSSR count). The highest BCUT2D eigenvalue weighted by molar-refractivity contribution is 9.10. The first-order valence-corrected chi connectivity index (χ1v) is 12.3. The number of anilines is 1. The first-order chi connectivity index (χ1) is 16.0. The number of benzene rings is 2. The molecule has 0 fully saturated rings. The molecule has 7 heteroatoms. The van der Waals surface area contributed by atoms with Crippen LogP contribution in [0.1, 0.15) is 56.2 Å². The van der Waals surface area contributed by atoms with Gasteiger partial charge in [0.05, 0.1) is 11.4 Å². The lowest BCUT2D eigenvalue weighted by Gasteiger charge is -2.24. The SMILES string of the molecule is Cc1ccccc1-n1nc(C(C)(C)C)cc1NC(=O)CN(CC(C)C)C(=O)c1cccc(Br)c1. The molecule has 0 radical (unpaired) electrons. The molecule has 0 spiro atoms. The van der Waals surface area contributed by atoms with Crippen LogP contribution < -0.4 is 5.32 Å². The fourth-order valence-corrected chi connectivity index (χ4v) is 4.04. The van der Waals surface area contributed by atoms with Crippen LogP contribution in [0.15, 0.2) is 59.1 Å². The normalized spacial score (nSPS) is 11.5. The third kappa shape index (κ3) is 6.35. The van der Waals surface area contributed by atoms with Gasteiger partial charge in [0.1, 0.15) is 12.4 Å². The molecule has 180 valence electrons. The van der Waals surface area contributed by atoms with Crippen molar-refractivity contribution in [2.45, 2.75) is 47.0 Å². The lowest BCUT2D eigenvalue weighted by molar-refractivity contribution is -0.117. The molecule has 2 amide bonds. The van der Waals surface area contributed by atoms with Crippen LogP contribution in [-0.2, 0) is 10.2 Å². The number of nitrogens with one attached hydrogen (secondary N) is 1. The van der Waals surface area contributed by atoms with E-state index in [0.717, 1.165) is 21.4 Å². The van der Waals surface area contributed by atoms with Crippen LogP contribution in [0.4, 0.5) is 5.82 Å². The molecule has 0 atom stereocenters. The van der Waals surface area contributed by atoms with Crippen molar-refractivity contribution in [1.29, 1.82) is 0 Å². The second-order valence-corrected chi connectivity index (χ2v) is 10.9. The van der Waals surface area contributed by atoms with Crippen molar-refractivity contribution in [3.63, 3.8) is 0 Å².